The minimum absolute atomic E-state index is 0.141. The van der Waals surface area contributed by atoms with Crippen LogP contribution < -0.4 is 11.1 Å². The van der Waals surface area contributed by atoms with E-state index >= 15 is 0 Å². The van der Waals surface area contributed by atoms with E-state index in [4.69, 9.17) is 5.73 Å². The van der Waals surface area contributed by atoms with Crippen molar-refractivity contribution >= 4 is 5.91 Å². The SMILES string of the molecule is CC(CCN)CCC(=O)NCC1CCCC1CO. The number of nitrogens with two attached hydrogens (primary N) is 1. The van der Waals surface area contributed by atoms with Crippen LogP contribution in [0.5, 0.6) is 0 Å². The van der Waals surface area contributed by atoms with Crippen LogP contribution in [0.2, 0.25) is 0 Å². The van der Waals surface area contributed by atoms with Gasteiger partial charge in [0.05, 0.1) is 0 Å². The van der Waals surface area contributed by atoms with E-state index in [0.717, 1.165) is 32.2 Å². The summed E-state index contributed by atoms with van der Waals surface area (Å²) in [7, 11) is 0. The fourth-order valence-electron chi connectivity index (χ4n) is 2.76. The Morgan fingerprint density at radius 1 is 1.39 bits per heavy atom. The van der Waals surface area contributed by atoms with Gasteiger partial charge < -0.3 is 16.2 Å². The van der Waals surface area contributed by atoms with E-state index in [1.807, 2.05) is 0 Å². The largest absolute Gasteiger partial charge is 0.396 e. The number of carbonyl (C=O) groups excluding carboxylic acids is 1. The molecule has 0 aliphatic heterocycles. The fourth-order valence-corrected chi connectivity index (χ4v) is 2.76. The van der Waals surface area contributed by atoms with Gasteiger partial charge in [-0.3, -0.25) is 4.79 Å². The van der Waals surface area contributed by atoms with E-state index in [0.29, 0.717) is 30.7 Å². The molecular weight excluding hydrogens is 228 g/mol. The second-order valence-corrected chi connectivity index (χ2v) is 5.66. The van der Waals surface area contributed by atoms with Gasteiger partial charge in [-0.05, 0) is 50.0 Å². The van der Waals surface area contributed by atoms with Crippen LogP contribution in [0.3, 0.4) is 0 Å². The molecule has 18 heavy (non-hydrogen) atoms. The third-order valence-electron chi connectivity index (χ3n) is 4.14. The summed E-state index contributed by atoms with van der Waals surface area (Å²) in [6.07, 6.45) is 5.91. The molecule has 4 N–H and O–H groups in total. The number of hydrogen-bond donors (Lipinski definition) is 3. The lowest BCUT2D eigenvalue weighted by Gasteiger charge is -2.18. The third-order valence-corrected chi connectivity index (χ3v) is 4.14. The van der Waals surface area contributed by atoms with Crippen molar-refractivity contribution in [3.63, 3.8) is 0 Å². The number of aliphatic hydroxyl groups is 1. The van der Waals surface area contributed by atoms with Crippen molar-refractivity contribution in [2.24, 2.45) is 23.5 Å². The number of hydrogen-bond acceptors (Lipinski definition) is 3. The van der Waals surface area contributed by atoms with Crippen molar-refractivity contribution in [1.29, 1.82) is 0 Å². The summed E-state index contributed by atoms with van der Waals surface area (Å²) in [6.45, 7) is 3.82. The van der Waals surface area contributed by atoms with Crippen molar-refractivity contribution in [2.45, 2.75) is 45.4 Å². The molecular formula is C14H28N2O2. The van der Waals surface area contributed by atoms with Crippen LogP contribution in [0.15, 0.2) is 0 Å². The molecule has 0 saturated heterocycles. The monoisotopic (exact) mass is 256 g/mol. The van der Waals surface area contributed by atoms with Crippen molar-refractivity contribution < 1.29 is 9.90 Å². The standard InChI is InChI=1S/C14H28N2O2/c1-11(7-8-15)5-6-14(18)16-9-12-3-2-4-13(12)10-17/h11-13,17H,2-10,15H2,1H3,(H,16,18). The van der Waals surface area contributed by atoms with Gasteiger partial charge >= 0.3 is 0 Å². The van der Waals surface area contributed by atoms with Crippen LogP contribution in [0.1, 0.15) is 45.4 Å². The maximum absolute atomic E-state index is 11.7. The molecule has 4 heteroatoms. The van der Waals surface area contributed by atoms with E-state index in [1.165, 1.54) is 6.42 Å². The van der Waals surface area contributed by atoms with Gasteiger partial charge in [0.2, 0.25) is 5.91 Å². The van der Waals surface area contributed by atoms with Crippen molar-refractivity contribution in [2.75, 3.05) is 19.7 Å². The third kappa shape index (κ3) is 5.36. The molecule has 0 spiro atoms. The highest BCUT2D eigenvalue weighted by atomic mass is 16.3. The Balaban J connectivity index is 2.13. The lowest BCUT2D eigenvalue weighted by Crippen LogP contribution is -2.31. The molecule has 1 rings (SSSR count). The van der Waals surface area contributed by atoms with Gasteiger partial charge in [-0.2, -0.15) is 0 Å². The molecule has 0 aromatic rings. The molecule has 0 radical (unpaired) electrons. The zero-order valence-electron chi connectivity index (χ0n) is 11.5. The molecule has 0 aromatic carbocycles. The van der Waals surface area contributed by atoms with Gasteiger partial charge in [0.1, 0.15) is 0 Å². The summed E-state index contributed by atoms with van der Waals surface area (Å²) in [6, 6.07) is 0. The van der Waals surface area contributed by atoms with Crippen LogP contribution >= 0.6 is 0 Å². The number of nitrogens with one attached hydrogen (secondary N) is 1. The molecule has 3 unspecified atom stereocenters. The topological polar surface area (TPSA) is 75.4 Å². The Labute approximate surface area is 110 Å². The smallest absolute Gasteiger partial charge is 0.220 e. The maximum Gasteiger partial charge on any atom is 0.220 e. The first-order chi connectivity index (χ1) is 8.67. The van der Waals surface area contributed by atoms with Gasteiger partial charge in [0.15, 0.2) is 0 Å². The van der Waals surface area contributed by atoms with Gasteiger partial charge in [-0.1, -0.05) is 13.3 Å². The zero-order valence-corrected chi connectivity index (χ0v) is 11.5. The van der Waals surface area contributed by atoms with Crippen LogP contribution in [0.4, 0.5) is 0 Å². The summed E-state index contributed by atoms with van der Waals surface area (Å²) in [5.74, 6) is 1.53. The minimum Gasteiger partial charge on any atom is -0.396 e. The Bertz CT molecular complexity index is 246. The minimum atomic E-state index is 0.141. The van der Waals surface area contributed by atoms with Gasteiger partial charge in [-0.25, -0.2) is 0 Å². The number of aliphatic hydroxyl groups excluding tert-OH is 1. The van der Waals surface area contributed by atoms with Gasteiger partial charge in [-0.15, -0.1) is 0 Å². The molecule has 0 aromatic heterocycles. The van der Waals surface area contributed by atoms with Crippen molar-refractivity contribution in [3.8, 4) is 0 Å². The molecule has 1 amide bonds. The molecule has 0 heterocycles. The first kappa shape index (κ1) is 15.4. The molecule has 4 nitrogen and oxygen atoms in total. The second-order valence-electron chi connectivity index (χ2n) is 5.66. The average Bonchev–Trinajstić information content (AvgIpc) is 2.81. The summed E-state index contributed by atoms with van der Waals surface area (Å²) in [5, 5.41) is 12.2. The quantitative estimate of drug-likeness (QED) is 0.612. The van der Waals surface area contributed by atoms with Crippen LogP contribution in [0.25, 0.3) is 0 Å². The summed E-state index contributed by atoms with van der Waals surface area (Å²) >= 11 is 0. The van der Waals surface area contributed by atoms with Crippen LogP contribution in [0, 0.1) is 17.8 Å². The molecule has 1 aliphatic carbocycles. The first-order valence-corrected chi connectivity index (χ1v) is 7.25. The molecule has 0 bridgehead atoms. The van der Waals surface area contributed by atoms with Gasteiger partial charge in [0, 0.05) is 19.6 Å². The predicted molar refractivity (Wildman–Crippen MR) is 73.0 cm³/mol. The molecule has 3 atom stereocenters. The Hall–Kier alpha value is -0.610. The number of rotatable bonds is 8. The zero-order chi connectivity index (χ0) is 13.4. The van der Waals surface area contributed by atoms with Crippen molar-refractivity contribution in [3.05, 3.63) is 0 Å². The van der Waals surface area contributed by atoms with Crippen LogP contribution in [-0.4, -0.2) is 30.7 Å². The maximum atomic E-state index is 11.7. The normalized spacial score (nSPS) is 25.1. The highest BCUT2D eigenvalue weighted by molar-refractivity contribution is 5.75. The van der Waals surface area contributed by atoms with E-state index in [-0.39, 0.29) is 12.5 Å². The molecule has 1 aliphatic rings. The Morgan fingerprint density at radius 3 is 2.78 bits per heavy atom. The fraction of sp³-hybridized carbons (Fsp3) is 0.929. The average molecular weight is 256 g/mol. The first-order valence-electron chi connectivity index (χ1n) is 7.25. The Kier molecular flexibility index (Phi) is 7.28. The molecule has 1 saturated carbocycles. The highest BCUT2D eigenvalue weighted by Gasteiger charge is 2.26. The Morgan fingerprint density at radius 2 is 2.11 bits per heavy atom. The molecule has 106 valence electrons. The van der Waals surface area contributed by atoms with Gasteiger partial charge in [0.25, 0.3) is 0 Å². The predicted octanol–water partition coefficient (Wildman–Crippen LogP) is 1.28. The van der Waals surface area contributed by atoms with Crippen molar-refractivity contribution in [1.82, 2.24) is 5.32 Å². The highest BCUT2D eigenvalue weighted by Crippen LogP contribution is 2.30. The summed E-state index contributed by atoms with van der Waals surface area (Å²) in [5.41, 5.74) is 5.48. The lowest BCUT2D eigenvalue weighted by molar-refractivity contribution is -0.121. The van der Waals surface area contributed by atoms with Crippen LogP contribution in [-0.2, 0) is 4.79 Å². The lowest BCUT2D eigenvalue weighted by atomic mass is 9.96. The second kappa shape index (κ2) is 8.48. The summed E-state index contributed by atoms with van der Waals surface area (Å²) < 4.78 is 0. The van der Waals surface area contributed by atoms with E-state index in [1.54, 1.807) is 0 Å². The number of amides is 1. The van der Waals surface area contributed by atoms with E-state index in [9.17, 15) is 9.90 Å². The van der Waals surface area contributed by atoms with E-state index < -0.39 is 0 Å². The van der Waals surface area contributed by atoms with E-state index in [2.05, 4.69) is 12.2 Å². The summed E-state index contributed by atoms with van der Waals surface area (Å²) in [4.78, 5) is 11.7. The molecule has 1 fully saturated rings. The number of carbonyl (C=O) groups is 1.